The van der Waals surface area contributed by atoms with Crippen molar-refractivity contribution in [1.82, 2.24) is 0 Å². The molecule has 2 aliphatic heterocycles. The summed E-state index contributed by atoms with van der Waals surface area (Å²) in [5, 5.41) is 0. The van der Waals surface area contributed by atoms with Crippen LogP contribution in [0.4, 0.5) is 17.1 Å². The van der Waals surface area contributed by atoms with Crippen LogP contribution in [0, 0.1) is 0 Å². The van der Waals surface area contributed by atoms with E-state index >= 15 is 0 Å². The largest absolute Gasteiger partial charge is 0.453 e. The number of fused-ring (bicyclic) bond motifs is 4. The van der Waals surface area contributed by atoms with E-state index in [4.69, 9.17) is 9.47 Å². The van der Waals surface area contributed by atoms with E-state index in [0.717, 1.165) is 56.8 Å². The molecule has 0 saturated heterocycles. The summed E-state index contributed by atoms with van der Waals surface area (Å²) < 4.78 is 13.0. The second-order valence-corrected chi connectivity index (χ2v) is 9.79. The van der Waals surface area contributed by atoms with Gasteiger partial charge in [-0.25, -0.2) is 0 Å². The van der Waals surface area contributed by atoms with Gasteiger partial charge in [-0.2, -0.15) is 0 Å². The molecule has 0 N–H and O–H groups in total. The van der Waals surface area contributed by atoms with Gasteiger partial charge in [0.1, 0.15) is 5.69 Å². The topological polar surface area (TPSA) is 21.7 Å². The lowest BCUT2D eigenvalue weighted by molar-refractivity contribution is 0.446. The van der Waals surface area contributed by atoms with Gasteiger partial charge in [-0.3, -0.25) is 4.90 Å². The molecule has 0 fully saturated rings. The van der Waals surface area contributed by atoms with Gasteiger partial charge < -0.3 is 9.47 Å². The minimum atomic E-state index is 0.784. The standard InChI is InChI=1S/C36H23NO2/c1-3-10-24(11-4-1)26-18-20-30-34(22-26)38-32-16-9-17-33-36(32)37(30)31-21-19-27(23-35(31)39-33)29-15-8-7-14-28(29)25-12-5-2-6-13-25/h1-23H. The second kappa shape index (κ2) is 8.64. The average Bonchev–Trinajstić information content (AvgIpc) is 3.01. The SMILES string of the molecule is c1ccc(-c2ccc3c(c2)Oc2cccc4c2N3c2ccc(-c3ccccc3-c3ccccc3)cc2O4)cc1. The molecule has 39 heavy (non-hydrogen) atoms. The Morgan fingerprint density at radius 3 is 1.51 bits per heavy atom. The van der Waals surface area contributed by atoms with Gasteiger partial charge in [-0.05, 0) is 69.8 Å². The van der Waals surface area contributed by atoms with E-state index in [1.807, 2.05) is 30.3 Å². The minimum absolute atomic E-state index is 0.784. The lowest BCUT2D eigenvalue weighted by Crippen LogP contribution is -2.20. The quantitative estimate of drug-likeness (QED) is 0.240. The number of ether oxygens (including phenoxy) is 2. The number of nitrogens with zero attached hydrogens (tertiary/aromatic N) is 1. The van der Waals surface area contributed by atoms with Crippen molar-refractivity contribution in [1.29, 1.82) is 0 Å². The fourth-order valence-corrected chi connectivity index (χ4v) is 5.64. The fraction of sp³-hybridized carbons (Fsp3) is 0. The summed E-state index contributed by atoms with van der Waals surface area (Å²) in [6.07, 6.45) is 0. The number of para-hydroxylation sites is 1. The molecule has 0 aliphatic carbocycles. The normalized spacial score (nSPS) is 12.5. The van der Waals surface area contributed by atoms with Crippen LogP contribution in [0.5, 0.6) is 23.0 Å². The predicted octanol–water partition coefficient (Wildman–Crippen LogP) is 10.4. The Balaban J connectivity index is 1.27. The lowest BCUT2D eigenvalue weighted by atomic mass is 9.94. The van der Waals surface area contributed by atoms with Gasteiger partial charge in [0.2, 0.25) is 0 Å². The summed E-state index contributed by atoms with van der Waals surface area (Å²) in [4.78, 5) is 2.27. The number of hydrogen-bond acceptors (Lipinski definition) is 3. The monoisotopic (exact) mass is 501 g/mol. The maximum atomic E-state index is 6.52. The molecule has 0 bridgehead atoms. The maximum absolute atomic E-state index is 6.52. The van der Waals surface area contributed by atoms with Crippen molar-refractivity contribution in [2.75, 3.05) is 4.90 Å². The fourth-order valence-electron chi connectivity index (χ4n) is 5.64. The van der Waals surface area contributed by atoms with E-state index in [1.54, 1.807) is 0 Å². The third kappa shape index (κ3) is 3.52. The van der Waals surface area contributed by atoms with Crippen LogP contribution in [0.15, 0.2) is 140 Å². The minimum Gasteiger partial charge on any atom is -0.453 e. The molecule has 0 unspecified atom stereocenters. The number of hydrogen-bond donors (Lipinski definition) is 0. The zero-order chi connectivity index (χ0) is 25.8. The third-order valence-corrected chi connectivity index (χ3v) is 7.46. The van der Waals surface area contributed by atoms with E-state index in [2.05, 4.69) is 114 Å². The maximum Gasteiger partial charge on any atom is 0.155 e. The molecule has 6 aromatic rings. The van der Waals surface area contributed by atoms with Crippen LogP contribution >= 0.6 is 0 Å². The Bertz CT molecular complexity index is 1860. The van der Waals surface area contributed by atoms with Crippen molar-refractivity contribution < 1.29 is 9.47 Å². The van der Waals surface area contributed by atoms with Crippen molar-refractivity contribution in [3.8, 4) is 56.4 Å². The van der Waals surface area contributed by atoms with Crippen LogP contribution in [0.2, 0.25) is 0 Å². The molecule has 0 radical (unpaired) electrons. The van der Waals surface area contributed by atoms with Gasteiger partial charge in [0, 0.05) is 0 Å². The molecule has 3 heteroatoms. The molecule has 0 atom stereocenters. The number of benzene rings is 6. The molecular weight excluding hydrogens is 478 g/mol. The summed E-state index contributed by atoms with van der Waals surface area (Å²) in [6, 6.07) is 48.4. The zero-order valence-electron chi connectivity index (χ0n) is 21.0. The van der Waals surface area contributed by atoms with E-state index in [1.165, 1.54) is 16.7 Å². The molecular formula is C36H23NO2. The Labute approximate surface area is 227 Å². The van der Waals surface area contributed by atoms with Crippen molar-refractivity contribution in [3.63, 3.8) is 0 Å². The molecule has 0 aromatic heterocycles. The summed E-state index contributed by atoms with van der Waals surface area (Å²) in [5.41, 5.74) is 9.87. The first-order chi connectivity index (χ1) is 19.3. The van der Waals surface area contributed by atoms with E-state index < -0.39 is 0 Å². The van der Waals surface area contributed by atoms with E-state index in [9.17, 15) is 0 Å². The molecule has 0 spiro atoms. The van der Waals surface area contributed by atoms with Crippen LogP contribution in [-0.2, 0) is 0 Å². The summed E-state index contributed by atoms with van der Waals surface area (Å²) >= 11 is 0. The molecule has 184 valence electrons. The van der Waals surface area contributed by atoms with Crippen LogP contribution in [0.1, 0.15) is 0 Å². The first-order valence-corrected chi connectivity index (χ1v) is 13.1. The molecule has 2 aliphatic rings. The predicted molar refractivity (Wildman–Crippen MR) is 158 cm³/mol. The van der Waals surface area contributed by atoms with Crippen molar-refractivity contribution in [3.05, 3.63) is 140 Å². The molecule has 2 heterocycles. The van der Waals surface area contributed by atoms with Gasteiger partial charge in [-0.15, -0.1) is 0 Å². The van der Waals surface area contributed by atoms with Crippen LogP contribution in [-0.4, -0.2) is 0 Å². The van der Waals surface area contributed by atoms with Crippen LogP contribution < -0.4 is 14.4 Å². The Morgan fingerprint density at radius 2 is 0.872 bits per heavy atom. The Hall–Kier alpha value is -5.28. The van der Waals surface area contributed by atoms with Gasteiger partial charge in [0.25, 0.3) is 0 Å². The molecule has 0 saturated carbocycles. The molecule has 0 amide bonds. The smallest absolute Gasteiger partial charge is 0.155 e. The second-order valence-electron chi connectivity index (χ2n) is 9.79. The summed E-state index contributed by atoms with van der Waals surface area (Å²) in [6.45, 7) is 0. The Morgan fingerprint density at radius 1 is 0.359 bits per heavy atom. The lowest BCUT2D eigenvalue weighted by Gasteiger charge is -2.38. The summed E-state index contributed by atoms with van der Waals surface area (Å²) in [5.74, 6) is 3.22. The highest BCUT2D eigenvalue weighted by Crippen LogP contribution is 2.60. The third-order valence-electron chi connectivity index (χ3n) is 7.46. The first kappa shape index (κ1) is 21.8. The number of rotatable bonds is 3. The zero-order valence-corrected chi connectivity index (χ0v) is 21.0. The van der Waals surface area contributed by atoms with Crippen molar-refractivity contribution in [2.45, 2.75) is 0 Å². The summed E-state index contributed by atoms with van der Waals surface area (Å²) in [7, 11) is 0. The van der Waals surface area contributed by atoms with Crippen molar-refractivity contribution in [2.24, 2.45) is 0 Å². The van der Waals surface area contributed by atoms with E-state index in [0.29, 0.717) is 0 Å². The van der Waals surface area contributed by atoms with Gasteiger partial charge in [0.05, 0.1) is 11.4 Å². The van der Waals surface area contributed by atoms with Gasteiger partial charge >= 0.3 is 0 Å². The van der Waals surface area contributed by atoms with Gasteiger partial charge in [-0.1, -0.05) is 103 Å². The van der Waals surface area contributed by atoms with Crippen LogP contribution in [0.25, 0.3) is 33.4 Å². The Kier molecular flexibility index (Phi) is 4.82. The van der Waals surface area contributed by atoms with Crippen LogP contribution in [0.3, 0.4) is 0 Å². The van der Waals surface area contributed by atoms with Crippen molar-refractivity contribution >= 4 is 17.1 Å². The number of anilines is 3. The highest BCUT2D eigenvalue weighted by Gasteiger charge is 2.34. The highest BCUT2D eigenvalue weighted by molar-refractivity contribution is 5.95. The molecule has 8 rings (SSSR count). The van der Waals surface area contributed by atoms with E-state index in [-0.39, 0.29) is 0 Å². The highest BCUT2D eigenvalue weighted by atomic mass is 16.5. The first-order valence-electron chi connectivity index (χ1n) is 13.1. The van der Waals surface area contributed by atoms with Gasteiger partial charge in [0.15, 0.2) is 23.0 Å². The molecule has 3 nitrogen and oxygen atoms in total. The average molecular weight is 502 g/mol. The molecule has 6 aromatic carbocycles.